The Bertz CT molecular complexity index is 405. The summed E-state index contributed by atoms with van der Waals surface area (Å²) in [6, 6.07) is 4.85. The van der Waals surface area contributed by atoms with Crippen LogP contribution < -0.4 is 10.6 Å². The zero-order valence-electron chi connectivity index (χ0n) is 10.1. The van der Waals surface area contributed by atoms with E-state index >= 15 is 0 Å². The number of carbonyl (C=O) groups is 1. The van der Waals surface area contributed by atoms with E-state index in [-0.39, 0.29) is 18.2 Å². The Morgan fingerprint density at radius 2 is 2.12 bits per heavy atom. The van der Waals surface area contributed by atoms with Crippen molar-refractivity contribution < 1.29 is 15.0 Å². The smallest absolute Gasteiger partial charge is 0.337 e. The number of carboxylic acid groups (broad SMARTS) is 1. The Balaban J connectivity index is 3.29. The van der Waals surface area contributed by atoms with Crippen LogP contribution in [0, 0.1) is 0 Å². The van der Waals surface area contributed by atoms with Crippen LogP contribution in [0.15, 0.2) is 18.2 Å². The van der Waals surface area contributed by atoms with E-state index in [0.29, 0.717) is 17.9 Å². The first-order valence-corrected chi connectivity index (χ1v) is 5.48. The van der Waals surface area contributed by atoms with Gasteiger partial charge in [0.2, 0.25) is 0 Å². The lowest BCUT2D eigenvalue weighted by atomic mass is 10.1. The molecule has 0 saturated carbocycles. The highest BCUT2D eigenvalue weighted by molar-refractivity contribution is 5.98. The number of nitrogens with two attached hydrogens (primary N) is 1. The first kappa shape index (κ1) is 13.3. The molecule has 0 aromatic heterocycles. The summed E-state index contributed by atoms with van der Waals surface area (Å²) in [4.78, 5) is 13.0. The van der Waals surface area contributed by atoms with Gasteiger partial charge < -0.3 is 20.8 Å². The van der Waals surface area contributed by atoms with Crippen molar-refractivity contribution in [1.29, 1.82) is 0 Å². The zero-order chi connectivity index (χ0) is 13.0. The van der Waals surface area contributed by atoms with Crippen molar-refractivity contribution >= 4 is 17.3 Å². The number of aliphatic hydroxyl groups is 1. The molecule has 0 heterocycles. The van der Waals surface area contributed by atoms with Crippen LogP contribution in [0.1, 0.15) is 24.2 Å². The van der Waals surface area contributed by atoms with Crippen LogP contribution in [0.3, 0.4) is 0 Å². The lowest BCUT2D eigenvalue weighted by Crippen LogP contribution is -2.35. The van der Waals surface area contributed by atoms with Gasteiger partial charge in [-0.1, -0.05) is 6.07 Å². The lowest BCUT2D eigenvalue weighted by Gasteiger charge is -2.30. The maximum atomic E-state index is 11.2. The molecular weight excluding hydrogens is 220 g/mol. The Kier molecular flexibility index (Phi) is 4.34. The molecule has 4 N–H and O–H groups in total. The summed E-state index contributed by atoms with van der Waals surface area (Å²) in [5.74, 6) is -1.02. The van der Waals surface area contributed by atoms with Crippen molar-refractivity contribution in [3.63, 3.8) is 0 Å². The topological polar surface area (TPSA) is 86.8 Å². The molecule has 0 atom stereocenters. The summed E-state index contributed by atoms with van der Waals surface area (Å²) < 4.78 is 0. The Hall–Kier alpha value is -1.75. The SMILES string of the molecule is CC(C)N(CCO)c1c(N)cccc1C(=O)O. The van der Waals surface area contributed by atoms with Crippen LogP contribution in [0.2, 0.25) is 0 Å². The molecule has 17 heavy (non-hydrogen) atoms. The van der Waals surface area contributed by atoms with E-state index in [1.807, 2.05) is 13.8 Å². The third kappa shape index (κ3) is 2.88. The molecule has 5 heteroatoms. The number of aromatic carboxylic acids is 1. The van der Waals surface area contributed by atoms with Gasteiger partial charge in [0.25, 0.3) is 0 Å². The maximum Gasteiger partial charge on any atom is 0.337 e. The van der Waals surface area contributed by atoms with Crippen molar-refractivity contribution in [1.82, 2.24) is 0 Å². The molecule has 0 bridgehead atoms. The molecule has 5 nitrogen and oxygen atoms in total. The van der Waals surface area contributed by atoms with E-state index in [0.717, 1.165) is 0 Å². The largest absolute Gasteiger partial charge is 0.478 e. The van der Waals surface area contributed by atoms with Crippen LogP contribution in [-0.4, -0.2) is 35.4 Å². The van der Waals surface area contributed by atoms with Gasteiger partial charge in [-0.3, -0.25) is 0 Å². The minimum absolute atomic E-state index is 0.0500. The van der Waals surface area contributed by atoms with Crippen LogP contribution in [-0.2, 0) is 0 Å². The van der Waals surface area contributed by atoms with E-state index < -0.39 is 5.97 Å². The van der Waals surface area contributed by atoms with Gasteiger partial charge in [-0.25, -0.2) is 4.79 Å². The van der Waals surface area contributed by atoms with E-state index in [4.69, 9.17) is 15.9 Å². The predicted octanol–water partition coefficient (Wildman–Crippen LogP) is 1.17. The molecule has 1 rings (SSSR count). The number of para-hydroxylation sites is 1. The zero-order valence-corrected chi connectivity index (χ0v) is 10.1. The summed E-state index contributed by atoms with van der Waals surface area (Å²) in [6.45, 7) is 4.15. The number of rotatable bonds is 5. The normalized spacial score (nSPS) is 10.6. The van der Waals surface area contributed by atoms with Crippen LogP contribution in [0.5, 0.6) is 0 Å². The van der Waals surface area contributed by atoms with E-state index in [9.17, 15) is 4.79 Å². The third-order valence-corrected chi connectivity index (χ3v) is 2.55. The summed E-state index contributed by atoms with van der Waals surface area (Å²) in [6.07, 6.45) is 0. The fourth-order valence-electron chi connectivity index (χ4n) is 1.79. The van der Waals surface area contributed by atoms with Crippen LogP contribution >= 0.6 is 0 Å². The van der Waals surface area contributed by atoms with Crippen molar-refractivity contribution in [3.8, 4) is 0 Å². The number of nitrogen functional groups attached to an aromatic ring is 1. The monoisotopic (exact) mass is 238 g/mol. The van der Waals surface area contributed by atoms with Gasteiger partial charge in [-0.2, -0.15) is 0 Å². The van der Waals surface area contributed by atoms with Gasteiger partial charge in [0, 0.05) is 12.6 Å². The number of benzene rings is 1. The van der Waals surface area contributed by atoms with Crippen LogP contribution in [0.4, 0.5) is 11.4 Å². The van der Waals surface area contributed by atoms with Gasteiger partial charge in [0.1, 0.15) is 0 Å². The molecule has 0 radical (unpaired) electrons. The highest BCUT2D eigenvalue weighted by Crippen LogP contribution is 2.29. The molecule has 0 spiro atoms. The van der Waals surface area contributed by atoms with E-state index in [1.165, 1.54) is 6.07 Å². The lowest BCUT2D eigenvalue weighted by molar-refractivity contribution is 0.0697. The molecule has 0 fully saturated rings. The molecule has 0 amide bonds. The first-order valence-electron chi connectivity index (χ1n) is 5.48. The number of hydrogen-bond acceptors (Lipinski definition) is 4. The minimum atomic E-state index is -1.02. The highest BCUT2D eigenvalue weighted by Gasteiger charge is 2.20. The highest BCUT2D eigenvalue weighted by atomic mass is 16.4. The van der Waals surface area contributed by atoms with E-state index in [2.05, 4.69) is 0 Å². The van der Waals surface area contributed by atoms with E-state index in [1.54, 1.807) is 17.0 Å². The fourth-order valence-corrected chi connectivity index (χ4v) is 1.79. The molecule has 1 aromatic rings. The molecule has 1 aromatic carbocycles. The molecule has 94 valence electrons. The van der Waals surface area contributed by atoms with Crippen molar-refractivity contribution in [2.24, 2.45) is 0 Å². The number of anilines is 2. The average molecular weight is 238 g/mol. The van der Waals surface area contributed by atoms with Gasteiger partial charge in [0.15, 0.2) is 0 Å². The third-order valence-electron chi connectivity index (χ3n) is 2.55. The number of nitrogens with zero attached hydrogens (tertiary/aromatic N) is 1. The number of carboxylic acids is 1. The van der Waals surface area contributed by atoms with Crippen molar-refractivity contribution in [2.45, 2.75) is 19.9 Å². The predicted molar refractivity (Wildman–Crippen MR) is 67.4 cm³/mol. The Labute approximate surface area is 100 Å². The summed E-state index contributed by atoms with van der Waals surface area (Å²) in [7, 11) is 0. The second kappa shape index (κ2) is 5.54. The Morgan fingerprint density at radius 3 is 2.59 bits per heavy atom. The van der Waals surface area contributed by atoms with Gasteiger partial charge in [-0.05, 0) is 26.0 Å². The average Bonchev–Trinajstić information content (AvgIpc) is 2.25. The van der Waals surface area contributed by atoms with Gasteiger partial charge in [0.05, 0.1) is 23.5 Å². The second-order valence-electron chi connectivity index (χ2n) is 4.06. The molecule has 0 aliphatic heterocycles. The maximum absolute atomic E-state index is 11.2. The van der Waals surface area contributed by atoms with Crippen molar-refractivity contribution in [2.75, 3.05) is 23.8 Å². The standard InChI is InChI=1S/C12H18N2O3/c1-8(2)14(6-7-15)11-9(12(16)17)4-3-5-10(11)13/h3-5,8,15H,6-7,13H2,1-2H3,(H,16,17). The molecular formula is C12H18N2O3. The molecule has 0 unspecified atom stereocenters. The molecule has 0 aliphatic rings. The van der Waals surface area contributed by atoms with Crippen molar-refractivity contribution in [3.05, 3.63) is 23.8 Å². The summed E-state index contributed by atoms with van der Waals surface area (Å²) >= 11 is 0. The van der Waals surface area contributed by atoms with Crippen LogP contribution in [0.25, 0.3) is 0 Å². The van der Waals surface area contributed by atoms with Gasteiger partial charge in [-0.15, -0.1) is 0 Å². The quantitative estimate of drug-likeness (QED) is 0.670. The minimum Gasteiger partial charge on any atom is -0.478 e. The fraction of sp³-hybridized carbons (Fsp3) is 0.417. The molecule has 0 aliphatic carbocycles. The number of hydrogen-bond donors (Lipinski definition) is 3. The summed E-state index contributed by atoms with van der Waals surface area (Å²) in [5, 5.41) is 18.2. The second-order valence-corrected chi connectivity index (χ2v) is 4.06. The van der Waals surface area contributed by atoms with Gasteiger partial charge >= 0.3 is 5.97 Å². The summed E-state index contributed by atoms with van der Waals surface area (Å²) in [5.41, 5.74) is 6.89. The number of aliphatic hydroxyl groups excluding tert-OH is 1. The first-order chi connectivity index (χ1) is 7.99. The Morgan fingerprint density at radius 1 is 1.47 bits per heavy atom. The molecule has 0 saturated heterocycles.